The number of carbonyl (C=O) groups excluding carboxylic acids is 1. The topological polar surface area (TPSA) is 44.8 Å². The molecule has 0 unspecified atom stereocenters. The van der Waals surface area contributed by atoms with Gasteiger partial charge in [0.1, 0.15) is 6.10 Å². The second kappa shape index (κ2) is 7.18. The van der Waals surface area contributed by atoms with Gasteiger partial charge >= 0.3 is 11.2 Å². The molecule has 0 amide bonds. The molecule has 2 fully saturated rings. The van der Waals surface area contributed by atoms with Crippen LogP contribution in [0.25, 0.3) is 0 Å². The Morgan fingerprint density at radius 3 is 2.62 bits per heavy atom. The maximum atomic E-state index is 11.7. The van der Waals surface area contributed by atoms with Gasteiger partial charge in [-0.05, 0) is 48.6 Å². The SMILES string of the molecule is CCOC(=O)Cc1ccc([C@]23CC[C@H](C(C)(C)C)C[C@H]2OC(=S)O3)cc1. The van der Waals surface area contributed by atoms with Crippen LogP contribution in [0.4, 0.5) is 0 Å². The van der Waals surface area contributed by atoms with E-state index >= 15 is 0 Å². The number of thiocarbonyl (C=S) groups is 1. The van der Waals surface area contributed by atoms with E-state index in [2.05, 4.69) is 20.8 Å². The molecule has 2 aliphatic rings. The second-order valence-corrected chi connectivity index (χ2v) is 8.70. The number of esters is 1. The summed E-state index contributed by atoms with van der Waals surface area (Å²) < 4.78 is 17.0. The van der Waals surface area contributed by atoms with Crippen LogP contribution in [-0.2, 0) is 31.0 Å². The van der Waals surface area contributed by atoms with Crippen LogP contribution in [0.1, 0.15) is 58.1 Å². The van der Waals surface area contributed by atoms with Crippen molar-refractivity contribution < 1.29 is 19.0 Å². The zero-order chi connectivity index (χ0) is 18.9. The molecule has 3 atom stereocenters. The molecule has 1 saturated heterocycles. The predicted octanol–water partition coefficient (Wildman–Crippen LogP) is 4.53. The van der Waals surface area contributed by atoms with Crippen LogP contribution in [0.2, 0.25) is 0 Å². The smallest absolute Gasteiger partial charge is 0.353 e. The van der Waals surface area contributed by atoms with Gasteiger partial charge in [0.2, 0.25) is 0 Å². The number of hydrogen-bond acceptors (Lipinski definition) is 5. The quantitative estimate of drug-likeness (QED) is 0.570. The molecule has 1 heterocycles. The lowest BCUT2D eigenvalue weighted by molar-refractivity contribution is -0.142. The van der Waals surface area contributed by atoms with Crippen molar-refractivity contribution in [1.29, 1.82) is 0 Å². The van der Waals surface area contributed by atoms with Gasteiger partial charge in [0.15, 0.2) is 5.60 Å². The van der Waals surface area contributed by atoms with Gasteiger partial charge in [-0.15, -0.1) is 0 Å². The molecule has 4 nitrogen and oxygen atoms in total. The Bertz CT molecular complexity index is 676. The Balaban J connectivity index is 1.80. The largest absolute Gasteiger partial charge is 0.466 e. The van der Waals surface area contributed by atoms with E-state index in [-0.39, 0.29) is 29.1 Å². The van der Waals surface area contributed by atoms with Crippen molar-refractivity contribution >= 4 is 23.4 Å². The van der Waals surface area contributed by atoms with Crippen LogP contribution in [-0.4, -0.2) is 23.9 Å². The van der Waals surface area contributed by atoms with Crippen molar-refractivity contribution in [1.82, 2.24) is 0 Å². The number of fused-ring (bicyclic) bond motifs is 1. The third kappa shape index (κ3) is 3.73. The normalized spacial score (nSPS) is 28.1. The van der Waals surface area contributed by atoms with Crippen LogP contribution in [0, 0.1) is 11.3 Å². The van der Waals surface area contributed by atoms with E-state index in [1.165, 1.54) is 0 Å². The predicted molar refractivity (Wildman–Crippen MR) is 104 cm³/mol. The zero-order valence-electron chi connectivity index (χ0n) is 16.0. The van der Waals surface area contributed by atoms with E-state index in [1.54, 1.807) is 0 Å². The third-order valence-electron chi connectivity index (χ3n) is 5.71. The Morgan fingerprint density at radius 1 is 1.31 bits per heavy atom. The summed E-state index contributed by atoms with van der Waals surface area (Å²) in [6, 6.07) is 8.02. The number of ether oxygens (including phenoxy) is 3. The van der Waals surface area contributed by atoms with Crippen molar-refractivity contribution in [3.63, 3.8) is 0 Å². The van der Waals surface area contributed by atoms with E-state index in [0.717, 1.165) is 30.4 Å². The standard InChI is InChI=1S/C21H28O4S/c1-5-23-18(22)12-14-6-8-15(9-7-14)21-11-10-16(20(2,3)4)13-17(21)24-19(26)25-21/h6-9,16-17H,5,10-13H2,1-4H3/t16-,17+,21+/m0/s1. The van der Waals surface area contributed by atoms with Crippen molar-refractivity contribution in [2.24, 2.45) is 11.3 Å². The highest BCUT2D eigenvalue weighted by atomic mass is 32.1. The van der Waals surface area contributed by atoms with Crippen molar-refractivity contribution in [2.45, 2.75) is 65.1 Å². The Hall–Kier alpha value is -1.62. The molecule has 26 heavy (non-hydrogen) atoms. The van der Waals surface area contributed by atoms with Crippen LogP contribution in [0.15, 0.2) is 24.3 Å². The monoisotopic (exact) mass is 376 g/mol. The first kappa shape index (κ1) is 19.2. The molecular weight excluding hydrogens is 348 g/mol. The van der Waals surface area contributed by atoms with E-state index in [9.17, 15) is 4.79 Å². The van der Waals surface area contributed by atoms with Gasteiger partial charge in [0.05, 0.1) is 13.0 Å². The maximum absolute atomic E-state index is 11.7. The lowest BCUT2D eigenvalue weighted by Crippen LogP contribution is -2.44. The summed E-state index contributed by atoms with van der Waals surface area (Å²) in [4.78, 5) is 11.7. The lowest BCUT2D eigenvalue weighted by Gasteiger charge is -2.43. The van der Waals surface area contributed by atoms with Gasteiger partial charge in [-0.25, -0.2) is 0 Å². The minimum Gasteiger partial charge on any atom is -0.466 e. The average molecular weight is 377 g/mol. The fourth-order valence-electron chi connectivity index (χ4n) is 4.12. The first-order chi connectivity index (χ1) is 12.2. The lowest BCUT2D eigenvalue weighted by atomic mass is 9.65. The van der Waals surface area contributed by atoms with Crippen LogP contribution >= 0.6 is 12.2 Å². The molecule has 0 aromatic heterocycles. The molecule has 0 N–H and O–H groups in total. The van der Waals surface area contributed by atoms with E-state index in [0.29, 0.717) is 12.5 Å². The van der Waals surface area contributed by atoms with Crippen LogP contribution in [0.5, 0.6) is 0 Å². The van der Waals surface area contributed by atoms with E-state index < -0.39 is 5.60 Å². The highest BCUT2D eigenvalue weighted by Gasteiger charge is 2.55. The first-order valence-electron chi connectivity index (χ1n) is 9.39. The minimum absolute atomic E-state index is 0.0520. The Labute approximate surface area is 161 Å². The van der Waals surface area contributed by atoms with E-state index in [4.69, 9.17) is 26.4 Å². The summed E-state index contributed by atoms with van der Waals surface area (Å²) in [5, 5.41) is 0.250. The number of carbonyl (C=O) groups is 1. The highest BCUT2D eigenvalue weighted by Crippen LogP contribution is 2.51. The fraction of sp³-hybridized carbons (Fsp3) is 0.619. The average Bonchev–Trinajstić information content (AvgIpc) is 2.91. The number of rotatable bonds is 4. The maximum Gasteiger partial charge on any atom is 0.353 e. The summed E-state index contributed by atoms with van der Waals surface area (Å²) in [5.74, 6) is 0.372. The van der Waals surface area contributed by atoms with Gasteiger partial charge in [-0.2, -0.15) is 0 Å². The molecular formula is C21H28O4S. The fourth-order valence-corrected chi connectivity index (χ4v) is 4.39. The summed E-state index contributed by atoms with van der Waals surface area (Å²) >= 11 is 5.24. The summed E-state index contributed by atoms with van der Waals surface area (Å²) in [6.07, 6.45) is 3.14. The summed E-state index contributed by atoms with van der Waals surface area (Å²) in [5.41, 5.74) is 1.75. The minimum atomic E-state index is -0.499. The third-order valence-corrected chi connectivity index (χ3v) is 5.89. The van der Waals surface area contributed by atoms with Crippen molar-refractivity contribution in [3.8, 4) is 0 Å². The Morgan fingerprint density at radius 2 is 2.00 bits per heavy atom. The van der Waals surface area contributed by atoms with Gasteiger partial charge in [0, 0.05) is 12.2 Å². The van der Waals surface area contributed by atoms with E-state index in [1.807, 2.05) is 31.2 Å². The van der Waals surface area contributed by atoms with Crippen LogP contribution in [0.3, 0.4) is 0 Å². The van der Waals surface area contributed by atoms with Gasteiger partial charge in [-0.3, -0.25) is 4.79 Å². The number of benzene rings is 1. The second-order valence-electron chi connectivity index (χ2n) is 8.36. The molecule has 1 saturated carbocycles. The molecule has 3 rings (SSSR count). The molecule has 0 bridgehead atoms. The van der Waals surface area contributed by atoms with Gasteiger partial charge in [0.25, 0.3) is 0 Å². The highest BCUT2D eigenvalue weighted by molar-refractivity contribution is 7.79. The zero-order valence-corrected chi connectivity index (χ0v) is 16.9. The van der Waals surface area contributed by atoms with Crippen LogP contribution < -0.4 is 0 Å². The van der Waals surface area contributed by atoms with Crippen molar-refractivity contribution in [3.05, 3.63) is 35.4 Å². The Kier molecular flexibility index (Phi) is 5.29. The van der Waals surface area contributed by atoms with Crippen molar-refractivity contribution in [2.75, 3.05) is 6.61 Å². The summed E-state index contributed by atoms with van der Waals surface area (Å²) in [6.45, 7) is 9.06. The van der Waals surface area contributed by atoms with Gasteiger partial charge in [-0.1, -0.05) is 45.0 Å². The molecule has 5 heteroatoms. The molecule has 1 aliphatic carbocycles. The molecule has 0 spiro atoms. The summed E-state index contributed by atoms with van der Waals surface area (Å²) in [7, 11) is 0. The molecule has 1 aliphatic heterocycles. The first-order valence-corrected chi connectivity index (χ1v) is 9.80. The molecule has 142 valence electrons. The molecule has 1 aromatic rings. The molecule has 1 aromatic carbocycles. The van der Waals surface area contributed by atoms with Gasteiger partial charge < -0.3 is 14.2 Å². The number of hydrogen-bond donors (Lipinski definition) is 0. The molecule has 0 radical (unpaired) electrons.